The molecule has 0 aliphatic carbocycles. The Morgan fingerprint density at radius 2 is 1.60 bits per heavy atom. The molecule has 0 saturated carbocycles. The third-order valence-corrected chi connectivity index (χ3v) is 7.08. The summed E-state index contributed by atoms with van der Waals surface area (Å²) >= 11 is 0. The maximum atomic E-state index is 13.3. The van der Waals surface area contributed by atoms with Gasteiger partial charge in [-0.15, -0.1) is 0 Å². The summed E-state index contributed by atoms with van der Waals surface area (Å²) in [5.41, 5.74) is 0.824. The number of aromatic nitrogens is 1. The number of amides is 2. The van der Waals surface area contributed by atoms with Gasteiger partial charge in [0.2, 0.25) is 5.91 Å². The van der Waals surface area contributed by atoms with E-state index in [9.17, 15) is 29.1 Å². The van der Waals surface area contributed by atoms with E-state index in [1.54, 1.807) is 19.1 Å². The molecular formula is C33H34N4O6. The molecule has 0 bridgehead atoms. The largest absolute Gasteiger partial charge is 0.481 e. The minimum absolute atomic E-state index is 0.0207. The highest BCUT2D eigenvalue weighted by molar-refractivity contribution is 6.06. The van der Waals surface area contributed by atoms with Crippen molar-refractivity contribution in [3.8, 4) is 0 Å². The fraction of sp³-hybridized carbons (Fsp3) is 0.242. The summed E-state index contributed by atoms with van der Waals surface area (Å²) in [7, 11) is 0. The first-order valence-corrected chi connectivity index (χ1v) is 14.1. The van der Waals surface area contributed by atoms with Gasteiger partial charge in [0, 0.05) is 11.8 Å². The van der Waals surface area contributed by atoms with Gasteiger partial charge in [0.25, 0.3) is 11.5 Å². The monoisotopic (exact) mass is 582 g/mol. The standard InChI is InChI=1S/C33H34N4O6/c1-2-28(32(42)36-27(20-30(39)40)29(38)21-34-17-16-22-9-4-3-5-10-22)37-18-8-13-26(33(37)43)35-31(41)25-15-14-23-11-6-7-12-24(23)19-25/h3-15,18-19,27-28,34H,2,16-17,20-21H2,1H3,(H,35,41)(H,36,42)(H,39,40)/t27?,28-/m0/s1. The van der Waals surface area contributed by atoms with Gasteiger partial charge in [-0.1, -0.05) is 67.6 Å². The third-order valence-electron chi connectivity index (χ3n) is 7.08. The van der Waals surface area contributed by atoms with Gasteiger partial charge in [0.05, 0.1) is 19.0 Å². The number of pyridine rings is 1. The molecule has 3 aromatic carbocycles. The Balaban J connectivity index is 1.43. The molecule has 0 aliphatic heterocycles. The molecule has 1 unspecified atom stereocenters. The average molecular weight is 583 g/mol. The summed E-state index contributed by atoms with van der Waals surface area (Å²) in [5, 5.41) is 19.4. The number of hydrogen-bond acceptors (Lipinski definition) is 6. The minimum atomic E-state index is -1.28. The SMILES string of the molecule is CC[C@@H](C(=O)NC(CC(=O)O)C(=O)CNCCc1ccccc1)n1cccc(NC(=O)c2ccc3ccccc3c2)c1=O. The Hall–Kier alpha value is -5.09. The average Bonchev–Trinajstić information content (AvgIpc) is 3.01. The van der Waals surface area contributed by atoms with Crippen molar-refractivity contribution in [1.82, 2.24) is 15.2 Å². The van der Waals surface area contributed by atoms with Crippen molar-refractivity contribution >= 4 is 40.0 Å². The van der Waals surface area contributed by atoms with Crippen LogP contribution >= 0.6 is 0 Å². The van der Waals surface area contributed by atoms with Crippen LogP contribution in [0.25, 0.3) is 10.8 Å². The van der Waals surface area contributed by atoms with Crippen molar-refractivity contribution in [1.29, 1.82) is 0 Å². The lowest BCUT2D eigenvalue weighted by molar-refractivity contribution is -0.140. The second kappa shape index (κ2) is 14.7. The molecule has 0 radical (unpaired) electrons. The van der Waals surface area contributed by atoms with Crippen LogP contribution in [0.15, 0.2) is 95.9 Å². The number of carbonyl (C=O) groups is 4. The van der Waals surface area contributed by atoms with Crippen LogP contribution in [0, 0.1) is 0 Å². The van der Waals surface area contributed by atoms with Crippen molar-refractivity contribution in [3.05, 3.63) is 113 Å². The van der Waals surface area contributed by atoms with Gasteiger partial charge in [0.1, 0.15) is 11.7 Å². The Morgan fingerprint density at radius 1 is 0.884 bits per heavy atom. The number of anilines is 1. The summed E-state index contributed by atoms with van der Waals surface area (Å²) in [6.07, 6.45) is 1.68. The molecule has 2 amide bonds. The number of carbonyl (C=O) groups excluding carboxylic acids is 3. The first kappa shape index (κ1) is 30.9. The van der Waals surface area contributed by atoms with Gasteiger partial charge in [-0.05, 0) is 60.0 Å². The van der Waals surface area contributed by atoms with Gasteiger partial charge in [-0.2, -0.15) is 0 Å². The molecule has 1 heterocycles. The Morgan fingerprint density at radius 3 is 2.33 bits per heavy atom. The maximum absolute atomic E-state index is 13.3. The van der Waals surface area contributed by atoms with E-state index < -0.39 is 47.6 Å². The molecule has 0 fully saturated rings. The lowest BCUT2D eigenvalue weighted by atomic mass is 10.1. The summed E-state index contributed by atoms with van der Waals surface area (Å²) < 4.78 is 1.17. The number of nitrogens with zero attached hydrogens (tertiary/aromatic N) is 1. The van der Waals surface area contributed by atoms with E-state index in [0.29, 0.717) is 18.5 Å². The van der Waals surface area contributed by atoms with Crippen molar-refractivity contribution in [2.45, 2.75) is 38.3 Å². The molecule has 0 saturated heterocycles. The van der Waals surface area contributed by atoms with Crippen LogP contribution in [-0.2, 0) is 20.8 Å². The number of Topliss-reactive ketones (excluding diaryl/α,β-unsaturated/α-hetero) is 1. The van der Waals surface area contributed by atoms with Crippen molar-refractivity contribution in [3.63, 3.8) is 0 Å². The predicted octanol–water partition coefficient (Wildman–Crippen LogP) is 3.57. The number of ketones is 1. The van der Waals surface area contributed by atoms with E-state index in [-0.39, 0.29) is 18.7 Å². The lowest BCUT2D eigenvalue weighted by Crippen LogP contribution is -2.49. The number of aliphatic carboxylic acids is 1. The predicted molar refractivity (Wildman–Crippen MR) is 164 cm³/mol. The van der Waals surface area contributed by atoms with Gasteiger partial charge >= 0.3 is 5.97 Å². The van der Waals surface area contributed by atoms with E-state index in [0.717, 1.165) is 16.3 Å². The second-order valence-corrected chi connectivity index (χ2v) is 10.1. The molecule has 10 nitrogen and oxygen atoms in total. The summed E-state index contributed by atoms with van der Waals surface area (Å²) in [4.78, 5) is 64.0. The van der Waals surface area contributed by atoms with Crippen LogP contribution in [0.4, 0.5) is 5.69 Å². The number of hydrogen-bond donors (Lipinski definition) is 4. The van der Waals surface area contributed by atoms with Gasteiger partial charge in [-0.3, -0.25) is 24.0 Å². The van der Waals surface area contributed by atoms with E-state index in [4.69, 9.17) is 0 Å². The zero-order valence-electron chi connectivity index (χ0n) is 23.8. The first-order valence-electron chi connectivity index (χ1n) is 14.1. The van der Waals surface area contributed by atoms with Gasteiger partial charge in [-0.25, -0.2) is 0 Å². The van der Waals surface area contributed by atoms with Crippen LogP contribution in [-0.4, -0.2) is 52.4 Å². The van der Waals surface area contributed by atoms with E-state index in [2.05, 4.69) is 16.0 Å². The number of nitrogens with one attached hydrogen (secondary N) is 3. The van der Waals surface area contributed by atoms with Gasteiger partial charge < -0.3 is 25.6 Å². The van der Waals surface area contributed by atoms with Crippen LogP contribution in [0.5, 0.6) is 0 Å². The lowest BCUT2D eigenvalue weighted by Gasteiger charge is -2.22. The summed E-state index contributed by atoms with van der Waals surface area (Å²) in [6, 6.07) is 23.1. The Labute approximate surface area is 248 Å². The molecule has 0 spiro atoms. The topological polar surface area (TPSA) is 147 Å². The summed E-state index contributed by atoms with van der Waals surface area (Å²) in [5.74, 6) is -2.88. The highest BCUT2D eigenvalue weighted by Crippen LogP contribution is 2.17. The Bertz CT molecular complexity index is 1670. The number of fused-ring (bicyclic) bond motifs is 1. The molecule has 2 atom stereocenters. The molecule has 4 N–H and O–H groups in total. The first-order chi connectivity index (χ1) is 20.8. The van der Waals surface area contributed by atoms with Crippen LogP contribution < -0.4 is 21.5 Å². The van der Waals surface area contributed by atoms with E-state index in [1.807, 2.05) is 60.7 Å². The van der Waals surface area contributed by atoms with E-state index in [1.165, 1.54) is 22.9 Å². The highest BCUT2D eigenvalue weighted by Gasteiger charge is 2.28. The fourth-order valence-corrected chi connectivity index (χ4v) is 4.78. The van der Waals surface area contributed by atoms with Crippen molar-refractivity contribution < 1.29 is 24.3 Å². The summed E-state index contributed by atoms with van der Waals surface area (Å²) in [6.45, 7) is 2.06. The zero-order chi connectivity index (χ0) is 30.8. The minimum Gasteiger partial charge on any atom is -0.481 e. The molecule has 222 valence electrons. The third kappa shape index (κ3) is 8.23. The van der Waals surface area contributed by atoms with Crippen LogP contribution in [0.2, 0.25) is 0 Å². The fourth-order valence-electron chi connectivity index (χ4n) is 4.78. The molecular weight excluding hydrogens is 548 g/mol. The zero-order valence-corrected chi connectivity index (χ0v) is 23.8. The van der Waals surface area contributed by atoms with Crippen molar-refractivity contribution in [2.75, 3.05) is 18.4 Å². The number of carboxylic acids is 1. The second-order valence-electron chi connectivity index (χ2n) is 10.1. The molecule has 10 heteroatoms. The molecule has 4 rings (SSSR count). The van der Waals surface area contributed by atoms with Crippen LogP contribution in [0.1, 0.15) is 41.7 Å². The normalized spacial score (nSPS) is 12.3. The number of rotatable bonds is 14. The molecule has 0 aliphatic rings. The number of carboxylic acid groups (broad SMARTS) is 1. The molecule has 43 heavy (non-hydrogen) atoms. The van der Waals surface area contributed by atoms with Crippen LogP contribution in [0.3, 0.4) is 0 Å². The van der Waals surface area contributed by atoms with E-state index >= 15 is 0 Å². The maximum Gasteiger partial charge on any atom is 0.305 e. The number of benzene rings is 3. The molecule has 1 aromatic heterocycles. The molecule has 4 aromatic rings. The Kier molecular flexibility index (Phi) is 10.5. The van der Waals surface area contributed by atoms with Gasteiger partial charge in [0.15, 0.2) is 5.78 Å². The quantitative estimate of drug-likeness (QED) is 0.166. The smallest absolute Gasteiger partial charge is 0.305 e. The van der Waals surface area contributed by atoms with Crippen molar-refractivity contribution in [2.24, 2.45) is 0 Å². The highest BCUT2D eigenvalue weighted by atomic mass is 16.4.